The zero-order valence-corrected chi connectivity index (χ0v) is 16.1. The predicted molar refractivity (Wildman–Crippen MR) is 101 cm³/mol. The van der Waals surface area contributed by atoms with Gasteiger partial charge in [-0.05, 0) is 50.9 Å². The van der Waals surface area contributed by atoms with Gasteiger partial charge in [0.2, 0.25) is 0 Å². The standard InChI is InChI=1S/C18H30N4O3S/c19-10-15-4-3-6-17(15)22-18(21-12-16-5-1-2-8-25-16)20-11-14-7-9-26(23,24)13-14/h14-17H,1-9,11-13H2,(H2,20,21,22). The van der Waals surface area contributed by atoms with Crippen LogP contribution in [0.5, 0.6) is 0 Å². The van der Waals surface area contributed by atoms with Crippen LogP contribution in [0.15, 0.2) is 4.99 Å². The number of hydrogen-bond acceptors (Lipinski definition) is 5. The maximum Gasteiger partial charge on any atom is 0.191 e. The van der Waals surface area contributed by atoms with Crippen LogP contribution >= 0.6 is 0 Å². The summed E-state index contributed by atoms with van der Waals surface area (Å²) in [4.78, 5) is 4.65. The molecule has 0 spiro atoms. The zero-order valence-electron chi connectivity index (χ0n) is 15.3. The van der Waals surface area contributed by atoms with E-state index in [1.807, 2.05) is 0 Å². The Labute approximate surface area is 156 Å². The Balaban J connectivity index is 1.58. The van der Waals surface area contributed by atoms with Crippen molar-refractivity contribution in [2.24, 2.45) is 16.8 Å². The van der Waals surface area contributed by atoms with Crippen molar-refractivity contribution in [2.75, 3.05) is 31.2 Å². The molecule has 2 saturated heterocycles. The summed E-state index contributed by atoms with van der Waals surface area (Å²) < 4.78 is 29.1. The highest BCUT2D eigenvalue weighted by atomic mass is 32.2. The van der Waals surface area contributed by atoms with Crippen LogP contribution in [0.3, 0.4) is 0 Å². The molecule has 4 atom stereocenters. The van der Waals surface area contributed by atoms with E-state index in [1.54, 1.807) is 0 Å². The van der Waals surface area contributed by atoms with Gasteiger partial charge < -0.3 is 15.4 Å². The molecule has 0 bridgehead atoms. The Morgan fingerprint density at radius 1 is 1.19 bits per heavy atom. The third kappa shape index (κ3) is 5.58. The average Bonchev–Trinajstić information content (AvgIpc) is 3.23. The normalized spacial score (nSPS) is 34.3. The average molecular weight is 383 g/mol. The van der Waals surface area contributed by atoms with Crippen LogP contribution in [0.2, 0.25) is 0 Å². The quantitative estimate of drug-likeness (QED) is 0.547. The second kappa shape index (κ2) is 9.05. The minimum atomic E-state index is -2.88. The number of aliphatic imine (C=N–C) groups is 1. The molecule has 7 nitrogen and oxygen atoms in total. The topological polar surface area (TPSA) is 104 Å². The van der Waals surface area contributed by atoms with E-state index in [4.69, 9.17) is 4.74 Å². The number of ether oxygens (including phenoxy) is 1. The smallest absolute Gasteiger partial charge is 0.191 e. The van der Waals surface area contributed by atoms with Gasteiger partial charge in [0.25, 0.3) is 0 Å². The number of nitrogens with zero attached hydrogens (tertiary/aromatic N) is 2. The van der Waals surface area contributed by atoms with Crippen molar-refractivity contribution in [2.45, 2.75) is 57.1 Å². The largest absolute Gasteiger partial charge is 0.376 e. The van der Waals surface area contributed by atoms with Crippen molar-refractivity contribution in [1.82, 2.24) is 10.6 Å². The van der Waals surface area contributed by atoms with Gasteiger partial charge in [-0.15, -0.1) is 0 Å². The predicted octanol–water partition coefficient (Wildman–Crippen LogP) is 1.22. The molecule has 3 fully saturated rings. The molecule has 2 heterocycles. The second-order valence-electron chi connectivity index (χ2n) is 7.75. The third-order valence-electron chi connectivity index (χ3n) is 5.61. The first-order chi connectivity index (χ1) is 12.6. The van der Waals surface area contributed by atoms with Crippen LogP contribution in [-0.2, 0) is 14.6 Å². The fraction of sp³-hybridized carbons (Fsp3) is 0.889. The van der Waals surface area contributed by atoms with Gasteiger partial charge in [-0.1, -0.05) is 0 Å². The molecule has 1 aliphatic carbocycles. The molecular weight excluding hydrogens is 352 g/mol. The maximum absolute atomic E-state index is 11.6. The molecule has 0 aromatic carbocycles. The molecule has 4 unspecified atom stereocenters. The molecular formula is C18H30N4O3S. The number of rotatable bonds is 5. The monoisotopic (exact) mass is 382 g/mol. The number of nitrogens with one attached hydrogen (secondary N) is 2. The summed E-state index contributed by atoms with van der Waals surface area (Å²) in [6, 6.07) is 2.50. The van der Waals surface area contributed by atoms with E-state index in [0.717, 1.165) is 38.7 Å². The van der Waals surface area contributed by atoms with Crippen LogP contribution in [-0.4, -0.2) is 57.7 Å². The van der Waals surface area contributed by atoms with E-state index in [0.29, 0.717) is 25.5 Å². The summed E-state index contributed by atoms with van der Waals surface area (Å²) >= 11 is 0. The molecule has 0 aromatic heterocycles. The number of sulfone groups is 1. The first-order valence-corrected chi connectivity index (χ1v) is 11.6. The minimum absolute atomic E-state index is 0.0137. The molecule has 3 rings (SSSR count). The highest BCUT2D eigenvalue weighted by Crippen LogP contribution is 2.25. The Hall–Kier alpha value is -1.33. The molecule has 2 aliphatic heterocycles. The van der Waals surface area contributed by atoms with Crippen LogP contribution in [0.4, 0.5) is 0 Å². The summed E-state index contributed by atoms with van der Waals surface area (Å²) in [5.74, 6) is 1.31. The van der Waals surface area contributed by atoms with Crippen LogP contribution < -0.4 is 10.6 Å². The Morgan fingerprint density at radius 3 is 2.77 bits per heavy atom. The lowest BCUT2D eigenvalue weighted by Gasteiger charge is -2.25. The van der Waals surface area contributed by atoms with Crippen LogP contribution in [0, 0.1) is 23.2 Å². The van der Waals surface area contributed by atoms with Crippen molar-refractivity contribution < 1.29 is 13.2 Å². The van der Waals surface area contributed by atoms with E-state index in [-0.39, 0.29) is 35.5 Å². The fourth-order valence-corrected chi connectivity index (χ4v) is 5.88. The van der Waals surface area contributed by atoms with Crippen molar-refractivity contribution >= 4 is 15.8 Å². The number of hydrogen-bond donors (Lipinski definition) is 2. The van der Waals surface area contributed by atoms with E-state index in [2.05, 4.69) is 21.7 Å². The lowest BCUT2D eigenvalue weighted by Crippen LogP contribution is -2.47. The molecule has 0 aromatic rings. The fourth-order valence-electron chi connectivity index (χ4n) is 4.03. The molecule has 0 radical (unpaired) electrons. The number of guanidine groups is 1. The van der Waals surface area contributed by atoms with Gasteiger partial charge in [0.05, 0.1) is 29.6 Å². The Kier molecular flexibility index (Phi) is 6.76. The first kappa shape index (κ1) is 19.4. The van der Waals surface area contributed by atoms with Gasteiger partial charge in [-0.25, -0.2) is 8.42 Å². The summed E-state index contributed by atoms with van der Waals surface area (Å²) in [5.41, 5.74) is 0. The summed E-state index contributed by atoms with van der Waals surface area (Å²) in [5, 5.41) is 16.1. The summed E-state index contributed by atoms with van der Waals surface area (Å²) in [7, 11) is -2.88. The Morgan fingerprint density at radius 2 is 2.08 bits per heavy atom. The summed E-state index contributed by atoms with van der Waals surface area (Å²) in [6.45, 7) is 2.01. The van der Waals surface area contributed by atoms with E-state index in [9.17, 15) is 13.7 Å². The molecule has 26 heavy (non-hydrogen) atoms. The maximum atomic E-state index is 11.6. The summed E-state index contributed by atoms with van der Waals surface area (Å²) in [6.07, 6.45) is 7.18. The van der Waals surface area contributed by atoms with Gasteiger partial charge in [0, 0.05) is 25.7 Å². The zero-order chi connectivity index (χ0) is 18.4. The van der Waals surface area contributed by atoms with E-state index >= 15 is 0 Å². The molecule has 146 valence electrons. The first-order valence-electron chi connectivity index (χ1n) is 9.82. The van der Waals surface area contributed by atoms with Crippen molar-refractivity contribution in [3.05, 3.63) is 0 Å². The second-order valence-corrected chi connectivity index (χ2v) is 9.97. The minimum Gasteiger partial charge on any atom is -0.376 e. The van der Waals surface area contributed by atoms with Crippen LogP contribution in [0.25, 0.3) is 0 Å². The van der Waals surface area contributed by atoms with Gasteiger partial charge in [-0.2, -0.15) is 5.26 Å². The van der Waals surface area contributed by atoms with E-state index in [1.165, 1.54) is 6.42 Å². The van der Waals surface area contributed by atoms with Gasteiger partial charge in [0.1, 0.15) is 0 Å². The lowest BCUT2D eigenvalue weighted by atomic mass is 10.1. The lowest BCUT2D eigenvalue weighted by molar-refractivity contribution is 0.0194. The van der Waals surface area contributed by atoms with Gasteiger partial charge >= 0.3 is 0 Å². The molecule has 8 heteroatoms. The Bertz CT molecular complexity index is 637. The highest BCUT2D eigenvalue weighted by molar-refractivity contribution is 7.91. The van der Waals surface area contributed by atoms with Gasteiger partial charge in [-0.3, -0.25) is 4.99 Å². The third-order valence-corrected chi connectivity index (χ3v) is 7.45. The van der Waals surface area contributed by atoms with Crippen LogP contribution in [0.1, 0.15) is 44.9 Å². The molecule has 3 aliphatic rings. The van der Waals surface area contributed by atoms with Crippen molar-refractivity contribution in [1.29, 1.82) is 5.26 Å². The van der Waals surface area contributed by atoms with Gasteiger partial charge in [0.15, 0.2) is 15.8 Å². The highest BCUT2D eigenvalue weighted by Gasteiger charge is 2.29. The number of nitriles is 1. The molecule has 2 N–H and O–H groups in total. The van der Waals surface area contributed by atoms with Crippen molar-refractivity contribution in [3.63, 3.8) is 0 Å². The molecule has 0 amide bonds. The van der Waals surface area contributed by atoms with E-state index < -0.39 is 9.84 Å². The SMILES string of the molecule is N#CC1CCCC1NC(=NCC1CCS(=O)(=O)C1)NCC1CCCCO1. The van der Waals surface area contributed by atoms with Crippen molar-refractivity contribution in [3.8, 4) is 6.07 Å². The molecule has 1 saturated carbocycles.